The zero-order valence-corrected chi connectivity index (χ0v) is 7.77. The molecule has 0 atom stereocenters. The Kier molecular flexibility index (Phi) is 3.23. The van der Waals surface area contributed by atoms with E-state index in [2.05, 4.69) is 0 Å². The molecule has 1 rings (SSSR count). The zero-order valence-electron chi connectivity index (χ0n) is 7.01. The lowest BCUT2D eigenvalue weighted by Gasteiger charge is -2.06. The summed E-state index contributed by atoms with van der Waals surface area (Å²) in [4.78, 5) is 0. The molecule has 0 fully saturated rings. The fourth-order valence-electron chi connectivity index (χ4n) is 0.843. The Morgan fingerprint density at radius 2 is 2.25 bits per heavy atom. The first-order valence-electron chi connectivity index (χ1n) is 3.92. The third-order valence-corrected chi connectivity index (χ3v) is 1.73. The monoisotopic (exact) mass is 185 g/mol. The van der Waals surface area contributed by atoms with E-state index >= 15 is 0 Å². The quantitative estimate of drug-likeness (QED) is 0.735. The molecule has 0 heterocycles. The number of anilines is 1. The molecule has 0 aliphatic rings. The summed E-state index contributed by atoms with van der Waals surface area (Å²) < 4.78 is 5.35. The van der Waals surface area contributed by atoms with Crippen LogP contribution >= 0.6 is 11.6 Å². The maximum atomic E-state index is 5.85. The normalized spacial score (nSPS) is 9.83. The van der Waals surface area contributed by atoms with Gasteiger partial charge in [-0.05, 0) is 18.6 Å². The highest BCUT2D eigenvalue weighted by Crippen LogP contribution is 2.26. The highest BCUT2D eigenvalue weighted by atomic mass is 35.5. The van der Waals surface area contributed by atoms with Crippen LogP contribution in [0.4, 0.5) is 5.69 Å². The largest absolute Gasteiger partial charge is 0.492 e. The van der Waals surface area contributed by atoms with Crippen molar-refractivity contribution in [3.8, 4) is 5.75 Å². The van der Waals surface area contributed by atoms with Crippen LogP contribution in [0.15, 0.2) is 18.2 Å². The van der Waals surface area contributed by atoms with Gasteiger partial charge in [-0.15, -0.1) is 0 Å². The van der Waals surface area contributed by atoms with E-state index in [0.717, 1.165) is 6.42 Å². The molecule has 0 aliphatic carbocycles. The Hall–Kier alpha value is -0.890. The van der Waals surface area contributed by atoms with E-state index < -0.39 is 0 Å². The lowest BCUT2D eigenvalue weighted by atomic mass is 10.3. The van der Waals surface area contributed by atoms with E-state index in [1.807, 2.05) is 6.92 Å². The molecular formula is C9H12ClNO. The molecular weight excluding hydrogens is 174 g/mol. The number of ether oxygens (including phenoxy) is 1. The molecule has 3 heteroatoms. The molecule has 0 spiro atoms. The van der Waals surface area contributed by atoms with Gasteiger partial charge in [0.1, 0.15) is 5.75 Å². The van der Waals surface area contributed by atoms with Crippen LogP contribution in [0.2, 0.25) is 5.02 Å². The molecule has 1 aromatic rings. The molecule has 0 bridgehead atoms. The number of nitrogens with two attached hydrogens (primary N) is 1. The minimum Gasteiger partial charge on any atom is -0.492 e. The summed E-state index contributed by atoms with van der Waals surface area (Å²) >= 11 is 5.85. The van der Waals surface area contributed by atoms with Crippen molar-refractivity contribution in [2.75, 3.05) is 12.3 Å². The minimum atomic E-state index is 0.609. The molecule has 12 heavy (non-hydrogen) atoms. The van der Waals surface area contributed by atoms with Crippen LogP contribution in [-0.4, -0.2) is 6.61 Å². The van der Waals surface area contributed by atoms with Gasteiger partial charge in [-0.3, -0.25) is 0 Å². The Bertz CT molecular complexity index is 263. The van der Waals surface area contributed by atoms with E-state index in [4.69, 9.17) is 22.1 Å². The van der Waals surface area contributed by atoms with Crippen LogP contribution in [0.1, 0.15) is 13.3 Å². The standard InChI is InChI=1S/C9H12ClNO/c1-2-5-12-9-6-7(11)3-4-8(9)10/h3-4,6H,2,5,11H2,1H3. The van der Waals surface area contributed by atoms with Crippen molar-refractivity contribution in [1.82, 2.24) is 0 Å². The molecule has 1 aromatic carbocycles. The van der Waals surface area contributed by atoms with Crippen LogP contribution in [-0.2, 0) is 0 Å². The van der Waals surface area contributed by atoms with Gasteiger partial charge >= 0.3 is 0 Å². The van der Waals surface area contributed by atoms with Crippen molar-refractivity contribution >= 4 is 17.3 Å². The third kappa shape index (κ3) is 2.31. The van der Waals surface area contributed by atoms with Gasteiger partial charge in [0.15, 0.2) is 0 Å². The summed E-state index contributed by atoms with van der Waals surface area (Å²) in [6, 6.07) is 5.22. The number of hydrogen-bond donors (Lipinski definition) is 1. The van der Waals surface area contributed by atoms with Gasteiger partial charge in [0.2, 0.25) is 0 Å². The van der Waals surface area contributed by atoms with Gasteiger partial charge in [0, 0.05) is 11.8 Å². The maximum absolute atomic E-state index is 5.85. The van der Waals surface area contributed by atoms with Crippen LogP contribution < -0.4 is 10.5 Å². The van der Waals surface area contributed by atoms with Gasteiger partial charge in [-0.1, -0.05) is 18.5 Å². The van der Waals surface area contributed by atoms with Gasteiger partial charge in [-0.25, -0.2) is 0 Å². The van der Waals surface area contributed by atoms with Crippen LogP contribution in [0.5, 0.6) is 5.75 Å². The highest BCUT2D eigenvalue weighted by Gasteiger charge is 2.00. The Balaban J connectivity index is 2.75. The Morgan fingerprint density at radius 3 is 2.92 bits per heavy atom. The molecule has 2 N–H and O–H groups in total. The van der Waals surface area contributed by atoms with Crippen molar-refractivity contribution in [1.29, 1.82) is 0 Å². The summed E-state index contributed by atoms with van der Waals surface area (Å²) in [5.41, 5.74) is 6.23. The lowest BCUT2D eigenvalue weighted by Crippen LogP contribution is -1.96. The maximum Gasteiger partial charge on any atom is 0.139 e. The molecule has 0 aliphatic heterocycles. The average Bonchev–Trinajstić information content (AvgIpc) is 2.07. The highest BCUT2D eigenvalue weighted by molar-refractivity contribution is 6.32. The van der Waals surface area contributed by atoms with Crippen molar-refractivity contribution in [2.45, 2.75) is 13.3 Å². The molecule has 0 radical (unpaired) electrons. The predicted molar refractivity (Wildman–Crippen MR) is 51.7 cm³/mol. The van der Waals surface area contributed by atoms with Gasteiger partial charge in [0.25, 0.3) is 0 Å². The molecule has 0 saturated heterocycles. The number of hydrogen-bond acceptors (Lipinski definition) is 2. The van der Waals surface area contributed by atoms with Crippen molar-refractivity contribution < 1.29 is 4.74 Å². The van der Waals surface area contributed by atoms with Gasteiger partial charge < -0.3 is 10.5 Å². The first kappa shape index (κ1) is 9.20. The number of rotatable bonds is 3. The predicted octanol–water partition coefficient (Wildman–Crippen LogP) is 2.71. The van der Waals surface area contributed by atoms with Crippen molar-refractivity contribution in [3.63, 3.8) is 0 Å². The smallest absolute Gasteiger partial charge is 0.139 e. The average molecular weight is 186 g/mol. The summed E-state index contributed by atoms with van der Waals surface area (Å²) in [5.74, 6) is 0.665. The Morgan fingerprint density at radius 1 is 1.50 bits per heavy atom. The number of halogens is 1. The van der Waals surface area contributed by atoms with Gasteiger partial charge in [-0.2, -0.15) is 0 Å². The van der Waals surface area contributed by atoms with E-state index in [1.54, 1.807) is 18.2 Å². The number of benzene rings is 1. The van der Waals surface area contributed by atoms with E-state index in [9.17, 15) is 0 Å². The topological polar surface area (TPSA) is 35.2 Å². The molecule has 0 unspecified atom stereocenters. The molecule has 0 saturated carbocycles. The second-order valence-corrected chi connectivity index (χ2v) is 2.95. The fourth-order valence-corrected chi connectivity index (χ4v) is 1.01. The fraction of sp³-hybridized carbons (Fsp3) is 0.333. The van der Waals surface area contributed by atoms with Crippen LogP contribution in [0, 0.1) is 0 Å². The SMILES string of the molecule is CCCOc1cc(N)ccc1Cl. The zero-order chi connectivity index (χ0) is 8.97. The molecule has 2 nitrogen and oxygen atoms in total. The Labute approximate surface area is 77.3 Å². The number of nitrogen functional groups attached to an aromatic ring is 1. The molecule has 66 valence electrons. The van der Waals surface area contributed by atoms with E-state index in [-0.39, 0.29) is 0 Å². The minimum absolute atomic E-state index is 0.609. The van der Waals surface area contributed by atoms with E-state index in [0.29, 0.717) is 23.1 Å². The molecule has 0 amide bonds. The summed E-state index contributed by atoms with van der Waals surface area (Å²) in [6.45, 7) is 2.71. The third-order valence-electron chi connectivity index (χ3n) is 1.42. The second kappa shape index (κ2) is 4.21. The van der Waals surface area contributed by atoms with Crippen molar-refractivity contribution in [3.05, 3.63) is 23.2 Å². The molecule has 0 aromatic heterocycles. The lowest BCUT2D eigenvalue weighted by molar-refractivity contribution is 0.318. The first-order valence-corrected chi connectivity index (χ1v) is 4.29. The second-order valence-electron chi connectivity index (χ2n) is 2.54. The van der Waals surface area contributed by atoms with Crippen LogP contribution in [0.3, 0.4) is 0 Å². The van der Waals surface area contributed by atoms with Gasteiger partial charge in [0.05, 0.1) is 11.6 Å². The summed E-state index contributed by atoms with van der Waals surface area (Å²) in [6.07, 6.45) is 0.963. The van der Waals surface area contributed by atoms with E-state index in [1.165, 1.54) is 0 Å². The first-order chi connectivity index (χ1) is 5.74. The summed E-state index contributed by atoms with van der Waals surface area (Å²) in [7, 11) is 0. The summed E-state index contributed by atoms with van der Waals surface area (Å²) in [5, 5.41) is 0.609. The van der Waals surface area contributed by atoms with Crippen molar-refractivity contribution in [2.24, 2.45) is 0 Å². The van der Waals surface area contributed by atoms with Crippen LogP contribution in [0.25, 0.3) is 0 Å².